The first-order valence-electron chi connectivity index (χ1n) is 14.0. The van der Waals surface area contributed by atoms with Crippen molar-refractivity contribution in [3.05, 3.63) is 77.4 Å². The van der Waals surface area contributed by atoms with Crippen molar-refractivity contribution in [1.29, 1.82) is 0 Å². The number of benzene rings is 2. The molecule has 2 unspecified atom stereocenters. The highest BCUT2D eigenvalue weighted by Crippen LogP contribution is 2.34. The lowest BCUT2D eigenvalue weighted by atomic mass is 9.77. The van der Waals surface area contributed by atoms with Gasteiger partial charge in [0.1, 0.15) is 0 Å². The maximum atomic E-state index is 5.75. The lowest BCUT2D eigenvalue weighted by Gasteiger charge is -2.28. The monoisotopic (exact) mass is 460 g/mol. The molecular weight excluding hydrogens is 412 g/mol. The van der Waals surface area contributed by atoms with Crippen molar-refractivity contribution < 1.29 is 4.74 Å². The number of hydrogen-bond acceptors (Lipinski definition) is 1. The Morgan fingerprint density at radius 2 is 1.50 bits per heavy atom. The zero-order chi connectivity index (χ0) is 24.0. The molecule has 1 fully saturated rings. The molecule has 0 radical (unpaired) electrons. The molecule has 1 aliphatic rings. The molecule has 3 rings (SSSR count). The van der Waals surface area contributed by atoms with Crippen LogP contribution in [-0.2, 0) is 11.2 Å². The summed E-state index contributed by atoms with van der Waals surface area (Å²) < 4.78 is 5.75. The van der Waals surface area contributed by atoms with Crippen molar-refractivity contribution in [2.24, 2.45) is 17.8 Å². The molecule has 0 heterocycles. The van der Waals surface area contributed by atoms with Crippen LogP contribution in [0.5, 0.6) is 0 Å². The van der Waals surface area contributed by atoms with E-state index in [1.54, 1.807) is 0 Å². The first kappa shape index (κ1) is 26.7. The molecule has 2 atom stereocenters. The van der Waals surface area contributed by atoms with Crippen LogP contribution in [-0.4, -0.2) is 7.11 Å². The molecule has 1 heteroatoms. The van der Waals surface area contributed by atoms with Crippen LogP contribution < -0.4 is 0 Å². The van der Waals surface area contributed by atoms with Crippen LogP contribution in [0, 0.1) is 17.8 Å². The van der Waals surface area contributed by atoms with Crippen LogP contribution in [0.2, 0.25) is 0 Å². The third-order valence-electron chi connectivity index (χ3n) is 8.08. The number of rotatable bonds is 14. The van der Waals surface area contributed by atoms with E-state index in [2.05, 4.69) is 80.6 Å². The van der Waals surface area contributed by atoms with E-state index in [0.717, 1.165) is 24.2 Å². The summed E-state index contributed by atoms with van der Waals surface area (Å²) in [6.07, 6.45) is 21.0. The molecule has 1 saturated carbocycles. The summed E-state index contributed by atoms with van der Waals surface area (Å²) in [5.74, 6) is 2.73. The Morgan fingerprint density at radius 3 is 2.15 bits per heavy atom. The van der Waals surface area contributed by atoms with Gasteiger partial charge in [-0.25, -0.2) is 0 Å². The average Bonchev–Trinajstić information content (AvgIpc) is 2.88. The van der Waals surface area contributed by atoms with Crippen molar-refractivity contribution in [2.75, 3.05) is 7.11 Å². The quantitative estimate of drug-likeness (QED) is 0.255. The van der Waals surface area contributed by atoms with Gasteiger partial charge in [0.2, 0.25) is 0 Å². The molecule has 1 nitrogen and oxygen atoms in total. The van der Waals surface area contributed by atoms with Crippen molar-refractivity contribution >= 4 is 6.08 Å². The van der Waals surface area contributed by atoms with Crippen molar-refractivity contribution in [3.8, 4) is 0 Å². The molecule has 186 valence electrons. The van der Waals surface area contributed by atoms with E-state index in [9.17, 15) is 0 Å². The summed E-state index contributed by atoms with van der Waals surface area (Å²) in [4.78, 5) is 0. The maximum absolute atomic E-state index is 5.75. The maximum Gasteiger partial charge on any atom is 0.0821 e. The predicted molar refractivity (Wildman–Crippen MR) is 148 cm³/mol. The molecular formula is C33H48O. The fourth-order valence-electron chi connectivity index (χ4n) is 5.76. The largest absolute Gasteiger partial charge is 0.377 e. The Kier molecular flexibility index (Phi) is 12.0. The van der Waals surface area contributed by atoms with Crippen LogP contribution in [0.25, 0.3) is 6.08 Å². The number of allylic oxidation sites excluding steroid dienone is 1. The second kappa shape index (κ2) is 15.2. The van der Waals surface area contributed by atoms with E-state index in [1.807, 2.05) is 7.11 Å². The van der Waals surface area contributed by atoms with E-state index in [1.165, 1.54) is 87.3 Å². The summed E-state index contributed by atoms with van der Waals surface area (Å²) in [6.45, 7) is 4.51. The highest BCUT2D eigenvalue weighted by atomic mass is 16.5. The Labute approximate surface area is 210 Å². The lowest BCUT2D eigenvalue weighted by Crippen LogP contribution is -2.15. The summed E-state index contributed by atoms with van der Waals surface area (Å²) in [5.41, 5.74) is 4.13. The molecule has 0 saturated heterocycles. The molecule has 0 aliphatic heterocycles. The van der Waals surface area contributed by atoms with Gasteiger partial charge in [-0.15, -0.1) is 0 Å². The Balaban J connectivity index is 1.23. The van der Waals surface area contributed by atoms with Crippen molar-refractivity contribution in [1.82, 2.24) is 0 Å². The fraction of sp³-hybridized carbons (Fsp3) is 0.576. The molecule has 0 bridgehead atoms. The van der Waals surface area contributed by atoms with Crippen LogP contribution in [0.15, 0.2) is 60.7 Å². The second-order valence-corrected chi connectivity index (χ2v) is 10.8. The first-order chi connectivity index (χ1) is 16.7. The minimum absolute atomic E-state index is 0.247. The number of hydrogen-bond donors (Lipinski definition) is 0. The fourth-order valence-corrected chi connectivity index (χ4v) is 5.76. The Hall–Kier alpha value is -1.86. The van der Waals surface area contributed by atoms with Gasteiger partial charge in [-0.3, -0.25) is 0 Å². The van der Waals surface area contributed by atoms with Crippen molar-refractivity contribution in [3.63, 3.8) is 0 Å². The molecule has 0 spiro atoms. The SMILES string of the molecule is C/C=C\c1ccc(CC[C@H]2CC[C@H](CCCCC(C)CCC(OC)c3ccccc3)CC2)cc1. The van der Waals surface area contributed by atoms with E-state index >= 15 is 0 Å². The smallest absolute Gasteiger partial charge is 0.0821 e. The number of aryl methyl sites for hydroxylation is 1. The molecule has 0 N–H and O–H groups in total. The lowest BCUT2D eigenvalue weighted by molar-refractivity contribution is 0.0893. The summed E-state index contributed by atoms with van der Waals surface area (Å²) >= 11 is 0. The van der Waals surface area contributed by atoms with Gasteiger partial charge in [0.15, 0.2) is 0 Å². The highest BCUT2D eigenvalue weighted by Gasteiger charge is 2.21. The van der Waals surface area contributed by atoms with Crippen LogP contribution in [0.1, 0.15) is 107 Å². The van der Waals surface area contributed by atoms with E-state index in [-0.39, 0.29) is 6.10 Å². The summed E-state index contributed by atoms with van der Waals surface area (Å²) in [6, 6.07) is 19.8. The van der Waals surface area contributed by atoms with Gasteiger partial charge >= 0.3 is 0 Å². The van der Waals surface area contributed by atoms with Gasteiger partial charge < -0.3 is 4.74 Å². The zero-order valence-corrected chi connectivity index (χ0v) is 22.1. The standard InChI is InChI=1S/C33H48O/c1-4-10-28-16-20-30(21-17-28)24-25-31-22-18-29(19-23-31)12-9-8-11-27(2)15-26-33(34-3)32-13-6-5-7-14-32/h4-7,10,13-14,16-17,20-21,27,29,31,33H,8-9,11-12,15,18-19,22-26H2,1-3H3/b10-4-/t27?,29-,31-,33?. The van der Waals surface area contributed by atoms with Crippen LogP contribution in [0.3, 0.4) is 0 Å². The third kappa shape index (κ3) is 9.41. The average molecular weight is 461 g/mol. The minimum Gasteiger partial charge on any atom is -0.377 e. The van der Waals surface area contributed by atoms with Crippen LogP contribution >= 0.6 is 0 Å². The number of ether oxygens (including phenoxy) is 1. The van der Waals surface area contributed by atoms with Crippen LogP contribution in [0.4, 0.5) is 0 Å². The van der Waals surface area contributed by atoms with Gasteiger partial charge in [0.05, 0.1) is 6.10 Å². The van der Waals surface area contributed by atoms with E-state index in [0.29, 0.717) is 0 Å². The van der Waals surface area contributed by atoms with Gasteiger partial charge in [-0.1, -0.05) is 125 Å². The number of unbranched alkanes of at least 4 members (excludes halogenated alkanes) is 1. The molecule has 34 heavy (non-hydrogen) atoms. The zero-order valence-electron chi connectivity index (χ0n) is 22.1. The van der Waals surface area contributed by atoms with Gasteiger partial charge in [-0.05, 0) is 67.1 Å². The summed E-state index contributed by atoms with van der Waals surface area (Å²) in [7, 11) is 1.85. The van der Waals surface area contributed by atoms with Crippen molar-refractivity contribution in [2.45, 2.75) is 97.0 Å². The van der Waals surface area contributed by atoms with E-state index in [4.69, 9.17) is 4.74 Å². The van der Waals surface area contributed by atoms with Gasteiger partial charge in [0.25, 0.3) is 0 Å². The van der Waals surface area contributed by atoms with E-state index < -0.39 is 0 Å². The summed E-state index contributed by atoms with van der Waals surface area (Å²) in [5, 5.41) is 0. The van der Waals surface area contributed by atoms with Gasteiger partial charge in [0, 0.05) is 7.11 Å². The molecule has 2 aromatic rings. The first-order valence-corrected chi connectivity index (χ1v) is 14.0. The topological polar surface area (TPSA) is 9.23 Å². The normalized spacial score (nSPS) is 20.4. The third-order valence-corrected chi connectivity index (χ3v) is 8.08. The highest BCUT2D eigenvalue weighted by molar-refractivity contribution is 5.49. The van der Waals surface area contributed by atoms with Gasteiger partial charge in [-0.2, -0.15) is 0 Å². The molecule has 2 aromatic carbocycles. The molecule has 0 aromatic heterocycles. The minimum atomic E-state index is 0.247. The predicted octanol–water partition coefficient (Wildman–Crippen LogP) is 9.82. The second-order valence-electron chi connectivity index (χ2n) is 10.8. The Bertz CT molecular complexity index is 798. The molecule has 1 aliphatic carbocycles. The Morgan fingerprint density at radius 1 is 0.824 bits per heavy atom. The molecule has 0 amide bonds. The number of methoxy groups -OCH3 is 1.